The number of hydrogen-bond acceptors (Lipinski definition) is 4. The molecule has 0 bridgehead atoms. The van der Waals surface area contributed by atoms with Gasteiger partial charge in [0.2, 0.25) is 0 Å². The third kappa shape index (κ3) is 2.33. The van der Waals surface area contributed by atoms with Gasteiger partial charge < -0.3 is 10.0 Å². The third-order valence-corrected chi connectivity index (χ3v) is 2.63. The lowest BCUT2D eigenvalue weighted by molar-refractivity contribution is 0.423. The normalized spacial score (nSPS) is 11.4. The molecule has 3 N–H and O–H groups in total. The molecule has 0 fully saturated rings. The van der Waals surface area contributed by atoms with Gasteiger partial charge in [-0.3, -0.25) is 4.55 Å². The van der Waals surface area contributed by atoms with Crippen LogP contribution in [0.5, 0.6) is 0 Å². The Labute approximate surface area is 81.9 Å². The van der Waals surface area contributed by atoms with E-state index in [0.29, 0.717) is 5.56 Å². The van der Waals surface area contributed by atoms with Crippen molar-refractivity contribution in [1.82, 2.24) is 0 Å². The first kappa shape index (κ1) is 11.2. The molecule has 76 valence electrons. The van der Waals surface area contributed by atoms with Crippen molar-refractivity contribution in [3.63, 3.8) is 0 Å². The maximum Gasteiger partial charge on any atom is 0.489 e. The lowest BCUT2D eigenvalue weighted by Crippen LogP contribution is -2.34. The second-order valence-corrected chi connectivity index (χ2v) is 4.28. The van der Waals surface area contributed by atoms with E-state index in [-0.39, 0.29) is 5.46 Å². The van der Waals surface area contributed by atoms with E-state index >= 15 is 0 Å². The van der Waals surface area contributed by atoms with Crippen LogP contribution in [0.25, 0.3) is 0 Å². The van der Waals surface area contributed by atoms with E-state index in [2.05, 4.69) is 0 Å². The lowest BCUT2D eigenvalue weighted by Gasteiger charge is -2.06. The summed E-state index contributed by atoms with van der Waals surface area (Å²) in [6.45, 7) is 1.63. The number of benzene rings is 1. The largest absolute Gasteiger partial charge is 0.489 e. The summed E-state index contributed by atoms with van der Waals surface area (Å²) in [6, 6.07) is 3.93. The molecule has 1 aromatic carbocycles. The molecule has 0 spiro atoms. The van der Waals surface area contributed by atoms with Gasteiger partial charge in [0.05, 0.1) is 4.90 Å². The first-order chi connectivity index (χ1) is 6.32. The van der Waals surface area contributed by atoms with Gasteiger partial charge in [-0.1, -0.05) is 12.1 Å². The summed E-state index contributed by atoms with van der Waals surface area (Å²) in [7, 11) is -6.34. The third-order valence-electron chi connectivity index (χ3n) is 1.73. The Morgan fingerprint density at radius 2 is 1.86 bits per heavy atom. The summed E-state index contributed by atoms with van der Waals surface area (Å²) in [5.74, 6) is 0. The number of hydrogen-bond donors (Lipinski definition) is 3. The monoisotopic (exact) mass is 216 g/mol. The molecular formula is C7H9BO5S. The van der Waals surface area contributed by atoms with Crippen LogP contribution in [-0.2, 0) is 10.1 Å². The molecule has 0 amide bonds. The average molecular weight is 216 g/mol. The molecule has 1 aromatic rings. The Morgan fingerprint density at radius 3 is 2.29 bits per heavy atom. The van der Waals surface area contributed by atoms with Crippen LogP contribution in [0.15, 0.2) is 23.1 Å². The minimum absolute atomic E-state index is 0.238. The van der Waals surface area contributed by atoms with Crippen LogP contribution >= 0.6 is 0 Å². The molecule has 0 radical (unpaired) electrons. The van der Waals surface area contributed by atoms with Gasteiger partial charge in [-0.15, -0.1) is 0 Å². The van der Waals surface area contributed by atoms with Crippen molar-refractivity contribution in [3.05, 3.63) is 23.8 Å². The van der Waals surface area contributed by atoms with E-state index in [1.807, 2.05) is 0 Å². The molecule has 0 aromatic heterocycles. The summed E-state index contributed by atoms with van der Waals surface area (Å²) in [5.41, 5.74) is 0.361. The van der Waals surface area contributed by atoms with Gasteiger partial charge in [0.25, 0.3) is 10.1 Å². The molecular weight excluding hydrogens is 207 g/mol. The predicted molar refractivity (Wildman–Crippen MR) is 50.8 cm³/mol. The van der Waals surface area contributed by atoms with E-state index in [1.54, 1.807) is 6.92 Å². The average Bonchev–Trinajstić information content (AvgIpc) is 2.01. The first-order valence-electron chi connectivity index (χ1n) is 3.76. The molecule has 0 aliphatic heterocycles. The number of aryl methyl sites for hydroxylation is 1. The number of rotatable bonds is 2. The highest BCUT2D eigenvalue weighted by molar-refractivity contribution is 7.86. The predicted octanol–water partition coefficient (Wildman–Crippen LogP) is -1.08. The van der Waals surface area contributed by atoms with E-state index in [0.717, 1.165) is 0 Å². The second kappa shape index (κ2) is 3.70. The Bertz CT molecular complexity index is 439. The van der Waals surface area contributed by atoms with E-state index in [4.69, 9.17) is 14.6 Å². The smallest absolute Gasteiger partial charge is 0.423 e. The molecule has 5 nitrogen and oxygen atoms in total. The van der Waals surface area contributed by atoms with Crippen LogP contribution in [0.3, 0.4) is 0 Å². The fraction of sp³-hybridized carbons (Fsp3) is 0.143. The first-order valence-corrected chi connectivity index (χ1v) is 5.20. The van der Waals surface area contributed by atoms with Crippen LogP contribution in [0.1, 0.15) is 5.56 Å². The standard InChI is InChI=1S/C7H9BO5S/c1-5-2-3-6(8(9)10)7(4-5)14(11,12)13/h2-4,9-10H,1H3,(H,11,12,13). The fourth-order valence-corrected chi connectivity index (χ4v) is 1.88. The van der Waals surface area contributed by atoms with Crippen LogP contribution in [0.4, 0.5) is 0 Å². The van der Waals surface area contributed by atoms with Crippen LogP contribution in [0.2, 0.25) is 0 Å². The van der Waals surface area contributed by atoms with E-state index in [9.17, 15) is 8.42 Å². The van der Waals surface area contributed by atoms with Gasteiger partial charge in [-0.2, -0.15) is 8.42 Å². The molecule has 0 saturated heterocycles. The minimum Gasteiger partial charge on any atom is -0.423 e. The van der Waals surface area contributed by atoms with Crippen molar-refractivity contribution >= 4 is 22.7 Å². The van der Waals surface area contributed by atoms with Gasteiger partial charge in [0.15, 0.2) is 0 Å². The van der Waals surface area contributed by atoms with E-state index < -0.39 is 22.1 Å². The van der Waals surface area contributed by atoms with Gasteiger partial charge in [-0.25, -0.2) is 0 Å². The summed E-state index contributed by atoms with van der Waals surface area (Å²) >= 11 is 0. The van der Waals surface area contributed by atoms with Crippen molar-refractivity contribution in [2.45, 2.75) is 11.8 Å². The van der Waals surface area contributed by atoms with E-state index in [1.165, 1.54) is 18.2 Å². The zero-order valence-corrected chi connectivity index (χ0v) is 8.19. The maximum atomic E-state index is 10.8. The Kier molecular flexibility index (Phi) is 2.96. The molecule has 0 aliphatic carbocycles. The zero-order valence-electron chi connectivity index (χ0n) is 7.38. The highest BCUT2D eigenvalue weighted by Crippen LogP contribution is 2.08. The van der Waals surface area contributed by atoms with Gasteiger partial charge >= 0.3 is 7.12 Å². The minimum atomic E-state index is -4.42. The second-order valence-electron chi connectivity index (χ2n) is 2.89. The topological polar surface area (TPSA) is 94.8 Å². The van der Waals surface area contributed by atoms with Gasteiger partial charge in [0.1, 0.15) is 0 Å². The Hall–Kier alpha value is -0.885. The highest BCUT2D eigenvalue weighted by Gasteiger charge is 2.23. The SMILES string of the molecule is Cc1ccc(B(O)O)c(S(=O)(=O)O)c1. The fourth-order valence-electron chi connectivity index (χ4n) is 1.08. The summed E-state index contributed by atoms with van der Waals surface area (Å²) in [5, 5.41) is 17.7. The Balaban J connectivity index is 3.46. The molecule has 0 unspecified atom stereocenters. The van der Waals surface area contributed by atoms with Crippen LogP contribution in [0, 0.1) is 6.92 Å². The van der Waals surface area contributed by atoms with Crippen molar-refractivity contribution in [2.75, 3.05) is 0 Å². The molecule has 1 rings (SSSR count). The van der Waals surface area contributed by atoms with Gasteiger partial charge in [0, 0.05) is 5.46 Å². The maximum absolute atomic E-state index is 10.8. The molecule has 0 saturated carbocycles. The summed E-state index contributed by atoms with van der Waals surface area (Å²) in [6.07, 6.45) is 0. The molecule has 0 heterocycles. The summed E-state index contributed by atoms with van der Waals surface area (Å²) < 4.78 is 30.5. The van der Waals surface area contributed by atoms with Crippen molar-refractivity contribution in [3.8, 4) is 0 Å². The molecule has 7 heteroatoms. The van der Waals surface area contributed by atoms with Crippen LogP contribution < -0.4 is 5.46 Å². The van der Waals surface area contributed by atoms with Crippen molar-refractivity contribution < 1.29 is 23.0 Å². The Morgan fingerprint density at radius 1 is 1.29 bits per heavy atom. The molecule has 0 atom stereocenters. The molecule has 14 heavy (non-hydrogen) atoms. The van der Waals surface area contributed by atoms with Crippen molar-refractivity contribution in [2.24, 2.45) is 0 Å². The van der Waals surface area contributed by atoms with Crippen LogP contribution in [-0.4, -0.2) is 30.1 Å². The lowest BCUT2D eigenvalue weighted by atomic mass is 9.80. The molecule has 0 aliphatic rings. The summed E-state index contributed by atoms with van der Waals surface area (Å²) in [4.78, 5) is -0.479. The highest BCUT2D eigenvalue weighted by atomic mass is 32.2. The zero-order chi connectivity index (χ0) is 10.9. The van der Waals surface area contributed by atoms with Crippen molar-refractivity contribution in [1.29, 1.82) is 0 Å². The quantitative estimate of drug-likeness (QED) is 0.431. The van der Waals surface area contributed by atoms with Gasteiger partial charge in [-0.05, 0) is 18.6 Å².